The van der Waals surface area contributed by atoms with E-state index in [1.165, 1.54) is 6.07 Å². The van der Waals surface area contributed by atoms with Gasteiger partial charge in [0.25, 0.3) is 5.90 Å². The fourth-order valence-corrected chi connectivity index (χ4v) is 4.67. The number of benzene rings is 2. The average Bonchev–Trinajstić information content (AvgIpc) is 3.54. The van der Waals surface area contributed by atoms with Gasteiger partial charge in [0.1, 0.15) is 4.88 Å². The van der Waals surface area contributed by atoms with E-state index in [2.05, 4.69) is 21.1 Å². The van der Waals surface area contributed by atoms with Crippen molar-refractivity contribution in [3.8, 4) is 11.1 Å². The van der Waals surface area contributed by atoms with Gasteiger partial charge in [-0.1, -0.05) is 54.6 Å². The second kappa shape index (κ2) is 8.08. The lowest BCUT2D eigenvalue weighted by Gasteiger charge is -2.12. The Bertz CT molecular complexity index is 1090. The number of aliphatic imine (C=N–C) groups is 1. The Morgan fingerprint density at radius 3 is 2.29 bits per heavy atom. The monoisotopic (exact) mass is 444 g/mol. The van der Waals surface area contributed by atoms with E-state index in [1.807, 2.05) is 24.3 Å². The van der Waals surface area contributed by atoms with E-state index in [4.69, 9.17) is 4.84 Å². The maximum absolute atomic E-state index is 13.6. The topological polar surface area (TPSA) is 57.7 Å². The molecule has 1 unspecified atom stereocenters. The molecule has 9 heteroatoms. The minimum atomic E-state index is -4.46. The van der Waals surface area contributed by atoms with Crippen molar-refractivity contribution in [3.63, 3.8) is 0 Å². The summed E-state index contributed by atoms with van der Waals surface area (Å²) in [6, 6.07) is 17.9. The smallest absolute Gasteiger partial charge is 0.385 e. The van der Waals surface area contributed by atoms with Crippen molar-refractivity contribution in [1.82, 2.24) is 16.1 Å². The summed E-state index contributed by atoms with van der Waals surface area (Å²) in [7, 11) is 0. The largest absolute Gasteiger partial charge is 0.426 e. The van der Waals surface area contributed by atoms with Crippen LogP contribution in [-0.2, 0) is 11.0 Å². The van der Waals surface area contributed by atoms with Crippen molar-refractivity contribution >= 4 is 17.2 Å². The summed E-state index contributed by atoms with van der Waals surface area (Å²) in [5, 5.41) is 6.71. The minimum absolute atomic E-state index is 0.128. The summed E-state index contributed by atoms with van der Waals surface area (Å²) in [5.41, 5.74) is 5.43. The van der Waals surface area contributed by atoms with Gasteiger partial charge in [0.15, 0.2) is 6.17 Å². The van der Waals surface area contributed by atoms with Crippen molar-refractivity contribution in [2.24, 2.45) is 4.99 Å². The molecule has 1 saturated heterocycles. The molecule has 0 radical (unpaired) electrons. The third kappa shape index (κ3) is 4.09. The molecular formula is C22H19F3N4OS. The molecule has 3 heterocycles. The van der Waals surface area contributed by atoms with E-state index in [1.54, 1.807) is 30.3 Å². The lowest BCUT2D eigenvalue weighted by Crippen LogP contribution is -2.21. The van der Waals surface area contributed by atoms with Gasteiger partial charge in [-0.2, -0.15) is 13.2 Å². The Hall–Kier alpha value is -2.72. The normalized spacial score (nSPS) is 19.5. The Kier molecular flexibility index (Phi) is 5.27. The Labute approximate surface area is 180 Å². The summed E-state index contributed by atoms with van der Waals surface area (Å²) >= 11 is 0.638. The van der Waals surface area contributed by atoms with E-state index in [0.29, 0.717) is 21.8 Å². The minimum Gasteiger partial charge on any atom is -0.385 e. The van der Waals surface area contributed by atoms with Crippen molar-refractivity contribution in [2.45, 2.75) is 18.5 Å². The fourth-order valence-electron chi connectivity index (χ4n) is 3.69. The number of hydroxylamine groups is 1. The van der Waals surface area contributed by atoms with Crippen molar-refractivity contribution < 1.29 is 18.0 Å². The lowest BCUT2D eigenvalue weighted by atomic mass is 10.1. The van der Waals surface area contributed by atoms with Crippen LogP contribution in [0.2, 0.25) is 0 Å². The lowest BCUT2D eigenvalue weighted by molar-refractivity contribution is -0.133. The number of nitrogens with zero attached hydrogens (tertiary/aromatic N) is 1. The summed E-state index contributed by atoms with van der Waals surface area (Å²) in [4.78, 5) is 9.62. The molecule has 1 aromatic heterocycles. The molecule has 2 aliphatic heterocycles. The highest BCUT2D eigenvalue weighted by Gasteiger charge is 2.37. The summed E-state index contributed by atoms with van der Waals surface area (Å²) in [5.74, 6) is 0.158. The predicted molar refractivity (Wildman–Crippen MR) is 113 cm³/mol. The molecule has 5 rings (SSSR count). The first kappa shape index (κ1) is 20.2. The summed E-state index contributed by atoms with van der Waals surface area (Å²) in [6.07, 6.45) is -4.81. The van der Waals surface area contributed by atoms with Crippen LogP contribution >= 0.6 is 11.3 Å². The molecule has 0 amide bonds. The molecule has 1 fully saturated rings. The van der Waals surface area contributed by atoms with Crippen molar-refractivity contribution in [3.05, 3.63) is 81.5 Å². The van der Waals surface area contributed by atoms with E-state index < -0.39 is 17.2 Å². The van der Waals surface area contributed by atoms with Gasteiger partial charge < -0.3 is 4.84 Å². The zero-order valence-corrected chi connectivity index (χ0v) is 17.1. The molecule has 0 saturated carbocycles. The average molecular weight is 444 g/mol. The molecule has 5 nitrogen and oxygen atoms in total. The Morgan fingerprint density at radius 2 is 1.61 bits per heavy atom. The molecule has 0 bridgehead atoms. The zero-order valence-electron chi connectivity index (χ0n) is 16.2. The SMILES string of the molecule is FC(F)(F)c1sc(C2=NC(c3ccc(C4NCCN4)cc3)NO2)cc1-c1ccccc1. The highest BCUT2D eigenvalue weighted by molar-refractivity contribution is 7.14. The first-order valence-corrected chi connectivity index (χ1v) is 10.6. The van der Waals surface area contributed by atoms with Crippen LogP contribution in [-0.4, -0.2) is 19.0 Å². The molecule has 2 aliphatic rings. The highest BCUT2D eigenvalue weighted by Crippen LogP contribution is 2.43. The molecule has 3 aromatic rings. The standard InChI is InChI=1S/C22H19F3N4OS/c23-22(24,25)18-16(13-4-2-1-3-5-13)12-17(31-18)21-28-20(29-30-21)15-8-6-14(7-9-15)19-26-10-11-27-19/h1-9,12,19-20,26-27,29H,10-11H2. The Balaban J connectivity index is 1.42. The van der Waals surface area contributed by atoms with E-state index in [-0.39, 0.29) is 17.6 Å². The predicted octanol–water partition coefficient (Wildman–Crippen LogP) is 4.61. The quantitative estimate of drug-likeness (QED) is 0.550. The number of halogens is 3. The molecule has 31 heavy (non-hydrogen) atoms. The van der Waals surface area contributed by atoms with Crippen LogP contribution in [0.4, 0.5) is 13.2 Å². The molecule has 160 valence electrons. The van der Waals surface area contributed by atoms with Crippen LogP contribution < -0.4 is 16.1 Å². The van der Waals surface area contributed by atoms with Gasteiger partial charge in [0.2, 0.25) is 0 Å². The number of hydrogen-bond acceptors (Lipinski definition) is 6. The zero-order chi connectivity index (χ0) is 21.4. The van der Waals surface area contributed by atoms with Gasteiger partial charge >= 0.3 is 6.18 Å². The van der Waals surface area contributed by atoms with Gasteiger partial charge in [-0.3, -0.25) is 10.6 Å². The molecule has 0 spiro atoms. The van der Waals surface area contributed by atoms with Gasteiger partial charge in [0, 0.05) is 18.7 Å². The third-order valence-corrected chi connectivity index (χ3v) is 6.37. The molecule has 3 N–H and O–H groups in total. The summed E-state index contributed by atoms with van der Waals surface area (Å²) < 4.78 is 40.9. The number of rotatable bonds is 4. The number of nitrogens with one attached hydrogen (secondary N) is 3. The van der Waals surface area contributed by atoms with Crippen molar-refractivity contribution in [1.29, 1.82) is 0 Å². The van der Waals surface area contributed by atoms with Gasteiger partial charge in [-0.25, -0.2) is 4.99 Å². The first-order valence-electron chi connectivity index (χ1n) is 9.83. The number of alkyl halides is 3. The van der Waals surface area contributed by atoms with Crippen LogP contribution in [0, 0.1) is 0 Å². The maximum atomic E-state index is 13.6. The van der Waals surface area contributed by atoms with Crippen LogP contribution in [0.5, 0.6) is 0 Å². The maximum Gasteiger partial charge on any atom is 0.426 e. The van der Waals surface area contributed by atoms with Crippen LogP contribution in [0.1, 0.15) is 33.2 Å². The van der Waals surface area contributed by atoms with Crippen LogP contribution in [0.25, 0.3) is 11.1 Å². The molecule has 0 aliphatic carbocycles. The molecular weight excluding hydrogens is 425 g/mol. The second-order valence-electron chi connectivity index (χ2n) is 7.28. The second-order valence-corrected chi connectivity index (χ2v) is 8.33. The highest BCUT2D eigenvalue weighted by atomic mass is 32.1. The number of hydrogen-bond donors (Lipinski definition) is 3. The van der Waals surface area contributed by atoms with Gasteiger partial charge in [0.05, 0.1) is 11.0 Å². The van der Waals surface area contributed by atoms with Gasteiger partial charge in [-0.05, 0) is 22.8 Å². The van der Waals surface area contributed by atoms with E-state index in [0.717, 1.165) is 24.2 Å². The summed E-state index contributed by atoms with van der Waals surface area (Å²) in [6.45, 7) is 1.84. The Morgan fingerprint density at radius 1 is 0.935 bits per heavy atom. The van der Waals surface area contributed by atoms with Crippen LogP contribution in [0.15, 0.2) is 65.7 Å². The van der Waals surface area contributed by atoms with Crippen molar-refractivity contribution in [2.75, 3.05) is 13.1 Å². The number of thiophene rings is 1. The third-order valence-electron chi connectivity index (χ3n) is 5.21. The van der Waals surface area contributed by atoms with E-state index in [9.17, 15) is 13.2 Å². The first-order chi connectivity index (χ1) is 15.0. The molecule has 2 aromatic carbocycles. The molecule has 1 atom stereocenters. The van der Waals surface area contributed by atoms with Gasteiger partial charge in [-0.15, -0.1) is 16.8 Å². The van der Waals surface area contributed by atoms with Crippen LogP contribution in [0.3, 0.4) is 0 Å². The fraction of sp³-hybridized carbons (Fsp3) is 0.227. The van der Waals surface area contributed by atoms with E-state index >= 15 is 0 Å².